The van der Waals surface area contributed by atoms with Crippen LogP contribution in [0.5, 0.6) is 0 Å². The lowest BCUT2D eigenvalue weighted by Gasteiger charge is -2.07. The van der Waals surface area contributed by atoms with Crippen molar-refractivity contribution in [3.05, 3.63) is 64.6 Å². The molecule has 1 aromatic heterocycles. The van der Waals surface area contributed by atoms with E-state index in [0.29, 0.717) is 16.5 Å². The van der Waals surface area contributed by atoms with Crippen molar-refractivity contribution in [2.24, 2.45) is 0 Å². The summed E-state index contributed by atoms with van der Waals surface area (Å²) in [6, 6.07) is 12.4. The molecular formula is C16H13N3O4S. The van der Waals surface area contributed by atoms with Gasteiger partial charge in [0.25, 0.3) is 11.5 Å². The number of sulfone groups is 1. The molecular weight excluding hydrogens is 330 g/mol. The quantitative estimate of drug-likeness (QED) is 0.750. The highest BCUT2D eigenvalue weighted by Gasteiger charge is 2.14. The zero-order valence-electron chi connectivity index (χ0n) is 12.6. The summed E-state index contributed by atoms with van der Waals surface area (Å²) in [4.78, 5) is 24.3. The van der Waals surface area contributed by atoms with Gasteiger partial charge in [0.15, 0.2) is 15.5 Å². The van der Waals surface area contributed by atoms with Crippen molar-refractivity contribution < 1.29 is 13.2 Å². The Hall–Kier alpha value is -3.00. The molecule has 0 saturated heterocycles. The van der Waals surface area contributed by atoms with Gasteiger partial charge in [-0.25, -0.2) is 13.5 Å². The molecule has 0 unspecified atom stereocenters. The predicted octanol–water partition coefficient (Wildman–Crippen LogP) is 1.58. The van der Waals surface area contributed by atoms with Crippen LogP contribution in [0.1, 0.15) is 10.5 Å². The van der Waals surface area contributed by atoms with E-state index >= 15 is 0 Å². The van der Waals surface area contributed by atoms with E-state index < -0.39 is 15.7 Å². The Balaban J connectivity index is 1.94. The monoisotopic (exact) mass is 343 g/mol. The third kappa shape index (κ3) is 3.04. The third-order valence-electron chi connectivity index (χ3n) is 3.45. The number of amides is 1. The molecule has 24 heavy (non-hydrogen) atoms. The molecule has 8 heteroatoms. The maximum Gasteiger partial charge on any atom is 0.276 e. The zero-order chi connectivity index (χ0) is 17.3. The Labute approximate surface area is 137 Å². The van der Waals surface area contributed by atoms with Crippen LogP contribution >= 0.6 is 0 Å². The smallest absolute Gasteiger partial charge is 0.276 e. The Morgan fingerprint density at radius 3 is 2.29 bits per heavy atom. The van der Waals surface area contributed by atoms with Gasteiger partial charge in [0, 0.05) is 17.3 Å². The van der Waals surface area contributed by atoms with Crippen molar-refractivity contribution in [2.45, 2.75) is 4.90 Å². The minimum Gasteiger partial charge on any atom is -0.321 e. The van der Waals surface area contributed by atoms with Gasteiger partial charge in [-0.2, -0.15) is 5.10 Å². The molecule has 0 aliphatic carbocycles. The molecule has 0 aliphatic rings. The minimum absolute atomic E-state index is 0.0809. The molecule has 7 nitrogen and oxygen atoms in total. The number of carbonyl (C=O) groups is 1. The maximum absolute atomic E-state index is 12.4. The summed E-state index contributed by atoms with van der Waals surface area (Å²) in [6.07, 6.45) is 1.11. The number of aromatic amines is 1. The molecule has 3 rings (SSSR count). The van der Waals surface area contributed by atoms with Gasteiger partial charge in [0.05, 0.1) is 10.3 Å². The Bertz CT molecular complexity index is 1090. The lowest BCUT2D eigenvalue weighted by molar-refractivity contribution is 0.102. The van der Waals surface area contributed by atoms with Crippen LogP contribution in [-0.4, -0.2) is 30.8 Å². The lowest BCUT2D eigenvalue weighted by atomic mass is 10.1. The number of H-pyrrole nitrogens is 1. The number of nitrogens with one attached hydrogen (secondary N) is 2. The first-order valence-corrected chi connectivity index (χ1v) is 8.84. The zero-order valence-corrected chi connectivity index (χ0v) is 13.4. The summed E-state index contributed by atoms with van der Waals surface area (Å²) in [7, 11) is -3.30. The summed E-state index contributed by atoms with van der Waals surface area (Å²) in [5.74, 6) is -0.505. The van der Waals surface area contributed by atoms with Gasteiger partial charge in [-0.05, 0) is 30.3 Å². The molecule has 2 aromatic carbocycles. The topological polar surface area (TPSA) is 109 Å². The van der Waals surface area contributed by atoms with Gasteiger partial charge in [0.1, 0.15) is 0 Å². The van der Waals surface area contributed by atoms with E-state index in [4.69, 9.17) is 0 Å². The van der Waals surface area contributed by atoms with Crippen molar-refractivity contribution in [3.63, 3.8) is 0 Å². The van der Waals surface area contributed by atoms with Crippen LogP contribution in [0.25, 0.3) is 10.8 Å². The van der Waals surface area contributed by atoms with Crippen LogP contribution < -0.4 is 10.9 Å². The number of anilines is 1. The summed E-state index contributed by atoms with van der Waals surface area (Å²) in [5.41, 5.74) is 0.126. The molecule has 3 aromatic rings. The van der Waals surface area contributed by atoms with Crippen LogP contribution in [0.3, 0.4) is 0 Å². The Morgan fingerprint density at radius 1 is 1.04 bits per heavy atom. The van der Waals surface area contributed by atoms with E-state index in [0.717, 1.165) is 6.26 Å². The first kappa shape index (κ1) is 15.9. The number of carbonyl (C=O) groups excluding carboxylic acids is 1. The van der Waals surface area contributed by atoms with Gasteiger partial charge in [-0.3, -0.25) is 9.59 Å². The molecule has 0 aliphatic heterocycles. The van der Waals surface area contributed by atoms with E-state index in [1.807, 2.05) is 0 Å². The molecule has 0 radical (unpaired) electrons. The van der Waals surface area contributed by atoms with E-state index in [-0.39, 0.29) is 16.1 Å². The largest absolute Gasteiger partial charge is 0.321 e. The number of rotatable bonds is 3. The van der Waals surface area contributed by atoms with E-state index in [1.54, 1.807) is 24.3 Å². The van der Waals surface area contributed by atoms with Crippen molar-refractivity contribution in [3.8, 4) is 0 Å². The molecule has 0 spiro atoms. The second-order valence-corrected chi connectivity index (χ2v) is 7.21. The van der Waals surface area contributed by atoms with Gasteiger partial charge in [-0.1, -0.05) is 18.2 Å². The maximum atomic E-state index is 12.4. The predicted molar refractivity (Wildman–Crippen MR) is 89.9 cm³/mol. The highest BCUT2D eigenvalue weighted by Crippen LogP contribution is 2.17. The first-order valence-electron chi connectivity index (χ1n) is 6.95. The summed E-state index contributed by atoms with van der Waals surface area (Å²) < 4.78 is 22.9. The average molecular weight is 343 g/mol. The second-order valence-electron chi connectivity index (χ2n) is 5.20. The number of aromatic nitrogens is 2. The van der Waals surface area contributed by atoms with Crippen molar-refractivity contribution in [1.29, 1.82) is 0 Å². The molecule has 0 saturated carbocycles. The van der Waals surface area contributed by atoms with Crippen molar-refractivity contribution >= 4 is 32.2 Å². The first-order chi connectivity index (χ1) is 11.4. The normalized spacial score (nSPS) is 11.4. The Morgan fingerprint density at radius 2 is 1.67 bits per heavy atom. The molecule has 0 atom stereocenters. The fourth-order valence-corrected chi connectivity index (χ4v) is 2.89. The van der Waals surface area contributed by atoms with E-state index in [2.05, 4.69) is 15.5 Å². The average Bonchev–Trinajstić information content (AvgIpc) is 2.55. The molecule has 1 heterocycles. The van der Waals surface area contributed by atoms with Gasteiger partial charge in [0.2, 0.25) is 0 Å². The summed E-state index contributed by atoms with van der Waals surface area (Å²) >= 11 is 0. The van der Waals surface area contributed by atoms with Gasteiger partial charge in [-0.15, -0.1) is 0 Å². The van der Waals surface area contributed by atoms with E-state index in [1.165, 1.54) is 24.3 Å². The number of hydrogen-bond acceptors (Lipinski definition) is 5. The van der Waals surface area contributed by atoms with Gasteiger partial charge < -0.3 is 5.32 Å². The van der Waals surface area contributed by atoms with Crippen molar-refractivity contribution in [1.82, 2.24) is 10.2 Å². The van der Waals surface area contributed by atoms with Crippen LogP contribution in [0.15, 0.2) is 58.2 Å². The summed E-state index contributed by atoms with van der Waals surface area (Å²) in [5, 5.41) is 9.54. The van der Waals surface area contributed by atoms with Crippen LogP contribution in [0.4, 0.5) is 5.69 Å². The fourth-order valence-electron chi connectivity index (χ4n) is 2.26. The Kier molecular flexibility index (Phi) is 3.90. The minimum atomic E-state index is -3.30. The highest BCUT2D eigenvalue weighted by atomic mass is 32.2. The third-order valence-corrected chi connectivity index (χ3v) is 4.58. The number of benzene rings is 2. The standard InChI is InChI=1S/C16H13N3O4S/c1-24(22,23)11-8-6-10(7-9-11)17-16(21)14-12-4-2-3-5-13(12)15(20)19-18-14/h2-9H,1H3,(H,17,21)(H,19,20). The van der Waals surface area contributed by atoms with Crippen LogP contribution in [-0.2, 0) is 9.84 Å². The van der Waals surface area contributed by atoms with Crippen molar-refractivity contribution in [2.75, 3.05) is 11.6 Å². The number of hydrogen-bond donors (Lipinski definition) is 2. The van der Waals surface area contributed by atoms with Crippen LogP contribution in [0, 0.1) is 0 Å². The molecule has 0 fully saturated rings. The SMILES string of the molecule is CS(=O)(=O)c1ccc(NC(=O)c2n[nH]c(=O)c3ccccc23)cc1. The van der Waals surface area contributed by atoms with E-state index in [9.17, 15) is 18.0 Å². The molecule has 122 valence electrons. The van der Waals surface area contributed by atoms with Crippen LogP contribution in [0.2, 0.25) is 0 Å². The molecule has 1 amide bonds. The van der Waals surface area contributed by atoms with Gasteiger partial charge >= 0.3 is 0 Å². The molecule has 0 bridgehead atoms. The highest BCUT2D eigenvalue weighted by molar-refractivity contribution is 7.90. The number of fused-ring (bicyclic) bond motifs is 1. The molecule has 2 N–H and O–H groups in total. The fraction of sp³-hybridized carbons (Fsp3) is 0.0625. The summed E-state index contributed by atoms with van der Waals surface area (Å²) in [6.45, 7) is 0. The number of nitrogens with zero attached hydrogens (tertiary/aromatic N) is 1. The lowest BCUT2D eigenvalue weighted by Crippen LogP contribution is -2.19. The second kappa shape index (κ2) is 5.89.